The van der Waals surface area contributed by atoms with E-state index in [1.807, 2.05) is 0 Å². The van der Waals surface area contributed by atoms with Gasteiger partial charge in [0.15, 0.2) is 0 Å². The molecule has 1 saturated heterocycles. The first-order valence-corrected chi connectivity index (χ1v) is 4.31. The largest absolute Gasteiger partial charge is 0.633 e. The number of nitrogens with zero attached hydrogens (tertiary/aromatic N) is 1. The van der Waals surface area contributed by atoms with Crippen molar-refractivity contribution in [1.82, 2.24) is 0 Å². The molecule has 2 atom stereocenters. The predicted octanol–water partition coefficient (Wildman–Crippen LogP) is 1.13. The van der Waals surface area contributed by atoms with Crippen LogP contribution in [0.4, 0.5) is 0 Å². The maximum Gasteiger partial charge on any atom is 0.107 e. The van der Waals surface area contributed by atoms with E-state index in [1.165, 1.54) is 0 Å². The van der Waals surface area contributed by atoms with Gasteiger partial charge in [0.1, 0.15) is 19.2 Å². The third kappa shape index (κ3) is 2.77. The van der Waals surface area contributed by atoms with E-state index in [4.69, 9.17) is 4.74 Å². The SMILES string of the molecule is CCCC1C[N+](C)([O-])CCO1. The normalized spacial score (nSPS) is 39.0. The summed E-state index contributed by atoms with van der Waals surface area (Å²) in [6.45, 7) is 3.99. The lowest BCUT2D eigenvalue weighted by molar-refractivity contribution is -0.873. The molecule has 2 unspecified atom stereocenters. The van der Waals surface area contributed by atoms with Gasteiger partial charge in [-0.25, -0.2) is 0 Å². The molecule has 1 fully saturated rings. The topological polar surface area (TPSA) is 32.3 Å². The Morgan fingerprint density at radius 1 is 1.64 bits per heavy atom. The third-order valence-corrected chi connectivity index (χ3v) is 2.12. The lowest BCUT2D eigenvalue weighted by Gasteiger charge is -2.44. The molecular weight excluding hydrogens is 142 g/mol. The molecule has 66 valence electrons. The van der Waals surface area contributed by atoms with Gasteiger partial charge in [0.05, 0.1) is 13.7 Å². The van der Waals surface area contributed by atoms with Crippen LogP contribution in [0.3, 0.4) is 0 Å². The molecule has 0 aromatic heterocycles. The van der Waals surface area contributed by atoms with Crippen molar-refractivity contribution < 1.29 is 9.38 Å². The zero-order chi connectivity index (χ0) is 8.32. The predicted molar refractivity (Wildman–Crippen MR) is 43.9 cm³/mol. The molecule has 3 nitrogen and oxygen atoms in total. The molecule has 1 heterocycles. The highest BCUT2D eigenvalue weighted by Gasteiger charge is 2.24. The van der Waals surface area contributed by atoms with E-state index >= 15 is 0 Å². The Morgan fingerprint density at radius 2 is 2.36 bits per heavy atom. The summed E-state index contributed by atoms with van der Waals surface area (Å²) in [6.07, 6.45) is 2.33. The van der Waals surface area contributed by atoms with E-state index in [1.54, 1.807) is 7.05 Å². The molecule has 0 N–H and O–H groups in total. The summed E-state index contributed by atoms with van der Waals surface area (Å²) in [4.78, 5) is 0. The Bertz CT molecular complexity index is 123. The van der Waals surface area contributed by atoms with Crippen molar-refractivity contribution in [1.29, 1.82) is 0 Å². The highest BCUT2D eigenvalue weighted by atomic mass is 16.6. The van der Waals surface area contributed by atoms with Gasteiger partial charge in [-0.15, -0.1) is 0 Å². The fraction of sp³-hybridized carbons (Fsp3) is 1.00. The van der Waals surface area contributed by atoms with Crippen LogP contribution in [0.1, 0.15) is 19.8 Å². The van der Waals surface area contributed by atoms with E-state index in [-0.39, 0.29) is 10.8 Å². The van der Waals surface area contributed by atoms with Crippen LogP contribution in [0.5, 0.6) is 0 Å². The quantitative estimate of drug-likeness (QED) is 0.447. The Morgan fingerprint density at radius 3 is 2.91 bits per heavy atom. The zero-order valence-corrected chi connectivity index (χ0v) is 7.38. The molecule has 0 aliphatic carbocycles. The fourth-order valence-corrected chi connectivity index (χ4v) is 1.48. The molecule has 0 bridgehead atoms. The monoisotopic (exact) mass is 159 g/mol. The average molecular weight is 159 g/mol. The molecule has 0 aromatic rings. The van der Waals surface area contributed by atoms with Gasteiger partial charge in [0.2, 0.25) is 0 Å². The van der Waals surface area contributed by atoms with Gasteiger partial charge in [-0.1, -0.05) is 13.3 Å². The summed E-state index contributed by atoms with van der Waals surface area (Å²) in [5.41, 5.74) is 0. The summed E-state index contributed by atoms with van der Waals surface area (Å²) < 4.78 is 5.32. The second kappa shape index (κ2) is 3.52. The highest BCUT2D eigenvalue weighted by molar-refractivity contribution is 4.61. The van der Waals surface area contributed by atoms with E-state index < -0.39 is 0 Å². The number of quaternary nitrogens is 1. The first kappa shape index (κ1) is 8.97. The molecule has 3 heteroatoms. The van der Waals surface area contributed by atoms with Crippen LogP contribution in [0.2, 0.25) is 0 Å². The number of rotatable bonds is 2. The van der Waals surface area contributed by atoms with Gasteiger partial charge in [-0.2, -0.15) is 0 Å². The number of hydrogen-bond donors (Lipinski definition) is 0. The number of hydrogen-bond acceptors (Lipinski definition) is 2. The molecule has 0 radical (unpaired) electrons. The molecular formula is C8H17NO2. The Balaban J connectivity index is 2.34. The van der Waals surface area contributed by atoms with Crippen LogP contribution in [-0.2, 0) is 4.74 Å². The van der Waals surface area contributed by atoms with Gasteiger partial charge >= 0.3 is 0 Å². The minimum atomic E-state index is -0.120. The maximum absolute atomic E-state index is 11.5. The lowest BCUT2D eigenvalue weighted by Crippen LogP contribution is -2.51. The van der Waals surface area contributed by atoms with Crippen LogP contribution >= 0.6 is 0 Å². The molecule has 0 aromatic carbocycles. The molecule has 11 heavy (non-hydrogen) atoms. The Hall–Kier alpha value is -0.120. The van der Waals surface area contributed by atoms with Crippen LogP contribution in [-0.4, -0.2) is 37.5 Å². The third-order valence-electron chi connectivity index (χ3n) is 2.12. The summed E-state index contributed by atoms with van der Waals surface area (Å²) in [7, 11) is 1.73. The van der Waals surface area contributed by atoms with Gasteiger partial charge in [-0.05, 0) is 6.42 Å². The first-order valence-electron chi connectivity index (χ1n) is 4.31. The van der Waals surface area contributed by atoms with Crippen LogP contribution in [0.15, 0.2) is 0 Å². The van der Waals surface area contributed by atoms with E-state index in [2.05, 4.69) is 6.92 Å². The smallest absolute Gasteiger partial charge is 0.107 e. The second-order valence-corrected chi connectivity index (χ2v) is 3.48. The van der Waals surface area contributed by atoms with Crippen molar-refractivity contribution >= 4 is 0 Å². The second-order valence-electron chi connectivity index (χ2n) is 3.48. The fourth-order valence-electron chi connectivity index (χ4n) is 1.48. The molecule has 1 rings (SSSR count). The standard InChI is InChI=1S/C8H17NO2/c1-3-4-8-7-9(2,10)5-6-11-8/h8H,3-7H2,1-2H3. The van der Waals surface area contributed by atoms with Crippen molar-refractivity contribution in [3.8, 4) is 0 Å². The summed E-state index contributed by atoms with van der Waals surface area (Å²) in [5, 5.41) is 11.5. The van der Waals surface area contributed by atoms with E-state index in [9.17, 15) is 5.21 Å². The van der Waals surface area contributed by atoms with Crippen LogP contribution in [0, 0.1) is 5.21 Å². The molecule has 1 aliphatic rings. The number of ether oxygens (including phenoxy) is 1. The first-order chi connectivity index (χ1) is 5.14. The average Bonchev–Trinajstić information content (AvgIpc) is 1.85. The Kier molecular flexibility index (Phi) is 2.87. The number of morpholine rings is 1. The zero-order valence-electron chi connectivity index (χ0n) is 7.38. The van der Waals surface area contributed by atoms with Gasteiger partial charge in [-0.3, -0.25) is 0 Å². The molecule has 0 saturated carbocycles. The summed E-state index contributed by atoms with van der Waals surface area (Å²) in [5.74, 6) is 0. The van der Waals surface area contributed by atoms with E-state index in [0.717, 1.165) is 12.8 Å². The van der Waals surface area contributed by atoms with Crippen molar-refractivity contribution in [3.63, 3.8) is 0 Å². The Labute approximate surface area is 68.1 Å². The van der Waals surface area contributed by atoms with Crippen LogP contribution < -0.4 is 0 Å². The van der Waals surface area contributed by atoms with Crippen molar-refractivity contribution in [2.45, 2.75) is 25.9 Å². The van der Waals surface area contributed by atoms with Gasteiger partial charge < -0.3 is 14.6 Å². The minimum absolute atomic E-state index is 0.120. The minimum Gasteiger partial charge on any atom is -0.633 e. The molecule has 0 amide bonds. The number of likely N-dealkylation sites (N-methyl/N-ethyl adjacent to an activating group) is 1. The number of hydroxylamine groups is 3. The van der Waals surface area contributed by atoms with Crippen molar-refractivity contribution in [2.75, 3.05) is 26.7 Å². The van der Waals surface area contributed by atoms with Gasteiger partial charge in [0, 0.05) is 0 Å². The molecule has 1 aliphatic heterocycles. The summed E-state index contributed by atoms with van der Waals surface area (Å²) >= 11 is 0. The highest BCUT2D eigenvalue weighted by Crippen LogP contribution is 2.14. The van der Waals surface area contributed by atoms with Crippen molar-refractivity contribution in [3.05, 3.63) is 5.21 Å². The van der Waals surface area contributed by atoms with Crippen molar-refractivity contribution in [2.24, 2.45) is 0 Å². The maximum atomic E-state index is 11.5. The van der Waals surface area contributed by atoms with Crippen LogP contribution in [0.25, 0.3) is 0 Å². The summed E-state index contributed by atoms with van der Waals surface area (Å²) in [6, 6.07) is 0. The molecule has 0 spiro atoms. The van der Waals surface area contributed by atoms with Gasteiger partial charge in [0.25, 0.3) is 0 Å². The van der Waals surface area contributed by atoms with E-state index in [0.29, 0.717) is 19.7 Å². The lowest BCUT2D eigenvalue weighted by atomic mass is 10.2.